The van der Waals surface area contributed by atoms with Gasteiger partial charge in [0.05, 0.1) is 22.5 Å². The molecule has 3 rings (SSSR count). The number of rotatable bonds is 5. The first-order valence-electron chi connectivity index (χ1n) is 7.26. The number of hydrogen-bond donors (Lipinski definition) is 1. The molecule has 0 saturated carbocycles. The van der Waals surface area contributed by atoms with Crippen molar-refractivity contribution in [2.75, 3.05) is 11.9 Å². The van der Waals surface area contributed by atoms with Gasteiger partial charge in [0.2, 0.25) is 0 Å². The molecule has 5 heteroatoms. The number of ether oxygens (including phenoxy) is 1. The number of anilines is 1. The third-order valence-corrected chi connectivity index (χ3v) is 4.27. The average molecular weight is 321 g/mol. The number of hydrogen-bond acceptors (Lipinski definition) is 5. The van der Waals surface area contributed by atoms with Gasteiger partial charge in [0.1, 0.15) is 22.4 Å². The van der Waals surface area contributed by atoms with Gasteiger partial charge in [-0.3, -0.25) is 0 Å². The fourth-order valence-electron chi connectivity index (χ4n) is 2.15. The van der Waals surface area contributed by atoms with Crippen LogP contribution in [0.5, 0.6) is 5.75 Å². The summed E-state index contributed by atoms with van der Waals surface area (Å²) >= 11 is 1.51. The zero-order valence-electron chi connectivity index (χ0n) is 12.6. The van der Waals surface area contributed by atoms with Crippen molar-refractivity contribution in [2.45, 2.75) is 6.92 Å². The predicted octanol–water partition coefficient (Wildman–Crippen LogP) is 4.67. The Kier molecular flexibility index (Phi) is 4.55. The summed E-state index contributed by atoms with van der Waals surface area (Å²) in [7, 11) is 0. The first kappa shape index (κ1) is 15.1. The summed E-state index contributed by atoms with van der Waals surface area (Å²) in [6.45, 7) is 2.53. The van der Waals surface area contributed by atoms with Crippen LogP contribution in [0.4, 0.5) is 5.69 Å². The summed E-state index contributed by atoms with van der Waals surface area (Å²) in [5.41, 5.74) is 2.23. The number of nitrogens with zero attached hydrogens (tertiary/aromatic N) is 2. The SMILES string of the molecule is CCOc1ccccc1NC=C(C#N)c1nc2ccccc2s1. The summed E-state index contributed by atoms with van der Waals surface area (Å²) in [5, 5.41) is 13.3. The standard InChI is InChI=1S/C18H15N3OS/c1-2-22-16-9-5-3-7-14(16)20-12-13(11-19)18-21-15-8-4-6-10-17(15)23-18/h3-10,12,20H,2H2,1H3. The molecule has 0 atom stereocenters. The van der Waals surface area contributed by atoms with Gasteiger partial charge in [-0.2, -0.15) is 5.26 Å². The van der Waals surface area contributed by atoms with E-state index in [1.54, 1.807) is 6.20 Å². The maximum Gasteiger partial charge on any atom is 0.142 e. The Balaban J connectivity index is 1.89. The van der Waals surface area contributed by atoms with Crippen LogP contribution in [0.3, 0.4) is 0 Å². The van der Waals surface area contributed by atoms with Gasteiger partial charge in [0.15, 0.2) is 0 Å². The summed E-state index contributed by atoms with van der Waals surface area (Å²) in [6, 6.07) is 17.7. The molecule has 1 heterocycles. The van der Waals surface area contributed by atoms with Crippen molar-refractivity contribution in [1.29, 1.82) is 5.26 Å². The molecule has 0 aliphatic rings. The van der Waals surface area contributed by atoms with Crippen LogP contribution in [-0.4, -0.2) is 11.6 Å². The predicted molar refractivity (Wildman–Crippen MR) is 94.4 cm³/mol. The van der Waals surface area contributed by atoms with Gasteiger partial charge in [-0.25, -0.2) is 4.98 Å². The minimum absolute atomic E-state index is 0.498. The summed E-state index contributed by atoms with van der Waals surface area (Å²) in [6.07, 6.45) is 1.68. The zero-order chi connectivity index (χ0) is 16.1. The van der Waals surface area contributed by atoms with Crippen LogP contribution in [0.2, 0.25) is 0 Å². The first-order valence-corrected chi connectivity index (χ1v) is 8.08. The van der Waals surface area contributed by atoms with Crippen molar-refractivity contribution in [1.82, 2.24) is 4.98 Å². The van der Waals surface area contributed by atoms with Crippen LogP contribution >= 0.6 is 11.3 Å². The molecular formula is C18H15N3OS. The highest BCUT2D eigenvalue weighted by atomic mass is 32.1. The Morgan fingerprint density at radius 2 is 2.04 bits per heavy atom. The Morgan fingerprint density at radius 1 is 1.26 bits per heavy atom. The lowest BCUT2D eigenvalue weighted by molar-refractivity contribution is 0.342. The fourth-order valence-corrected chi connectivity index (χ4v) is 3.08. The van der Waals surface area contributed by atoms with Gasteiger partial charge in [-0.05, 0) is 31.2 Å². The highest BCUT2D eigenvalue weighted by Gasteiger charge is 2.09. The number of aromatic nitrogens is 1. The minimum atomic E-state index is 0.498. The Labute approximate surface area is 138 Å². The maximum absolute atomic E-state index is 9.43. The Bertz CT molecular complexity index is 859. The van der Waals surface area contributed by atoms with Gasteiger partial charge in [0, 0.05) is 6.20 Å². The zero-order valence-corrected chi connectivity index (χ0v) is 13.4. The number of thiazole rings is 1. The second-order valence-corrected chi connectivity index (χ2v) is 5.76. The van der Waals surface area contributed by atoms with E-state index < -0.39 is 0 Å². The summed E-state index contributed by atoms with van der Waals surface area (Å²) in [5.74, 6) is 0.757. The molecule has 4 nitrogen and oxygen atoms in total. The average Bonchev–Trinajstić information content (AvgIpc) is 3.01. The molecule has 23 heavy (non-hydrogen) atoms. The van der Waals surface area contributed by atoms with E-state index in [1.165, 1.54) is 11.3 Å². The lowest BCUT2D eigenvalue weighted by Crippen LogP contribution is -1.97. The second-order valence-electron chi connectivity index (χ2n) is 4.73. The largest absolute Gasteiger partial charge is 0.492 e. The molecule has 0 unspecified atom stereocenters. The molecule has 0 aliphatic carbocycles. The van der Waals surface area contributed by atoms with Crippen molar-refractivity contribution >= 4 is 32.8 Å². The van der Waals surface area contributed by atoms with Gasteiger partial charge >= 0.3 is 0 Å². The molecule has 114 valence electrons. The van der Waals surface area contributed by atoms with Gasteiger partial charge in [-0.1, -0.05) is 24.3 Å². The van der Waals surface area contributed by atoms with E-state index >= 15 is 0 Å². The van der Waals surface area contributed by atoms with Crippen LogP contribution in [0.1, 0.15) is 11.9 Å². The van der Waals surface area contributed by atoms with Crippen LogP contribution in [0.15, 0.2) is 54.7 Å². The van der Waals surface area contributed by atoms with Crippen molar-refractivity contribution in [3.63, 3.8) is 0 Å². The van der Waals surface area contributed by atoms with Crippen LogP contribution < -0.4 is 10.1 Å². The summed E-state index contributed by atoms with van der Waals surface area (Å²) < 4.78 is 6.64. The number of nitriles is 1. The van der Waals surface area contributed by atoms with E-state index in [2.05, 4.69) is 16.4 Å². The smallest absolute Gasteiger partial charge is 0.142 e. The molecular weight excluding hydrogens is 306 g/mol. The Hall–Kier alpha value is -2.84. The van der Waals surface area contributed by atoms with E-state index in [-0.39, 0.29) is 0 Å². The number of nitrogens with one attached hydrogen (secondary N) is 1. The maximum atomic E-state index is 9.43. The normalized spacial score (nSPS) is 11.2. The van der Waals surface area contributed by atoms with Crippen LogP contribution in [-0.2, 0) is 0 Å². The van der Waals surface area contributed by atoms with Gasteiger partial charge in [-0.15, -0.1) is 11.3 Å². The van der Waals surface area contributed by atoms with Gasteiger partial charge in [0.25, 0.3) is 0 Å². The molecule has 0 amide bonds. The highest BCUT2D eigenvalue weighted by Crippen LogP contribution is 2.28. The van der Waals surface area contributed by atoms with E-state index in [4.69, 9.17) is 4.74 Å². The molecule has 0 spiro atoms. The van der Waals surface area contributed by atoms with Gasteiger partial charge < -0.3 is 10.1 Å². The highest BCUT2D eigenvalue weighted by molar-refractivity contribution is 7.19. The number of allylic oxidation sites excluding steroid dienone is 1. The molecule has 0 saturated heterocycles. The molecule has 2 aromatic carbocycles. The molecule has 1 aromatic heterocycles. The first-order chi connectivity index (χ1) is 11.3. The van der Waals surface area contributed by atoms with Crippen LogP contribution in [0.25, 0.3) is 15.8 Å². The Morgan fingerprint density at radius 3 is 2.83 bits per heavy atom. The summed E-state index contributed by atoms with van der Waals surface area (Å²) in [4.78, 5) is 4.51. The molecule has 1 N–H and O–H groups in total. The third kappa shape index (κ3) is 3.33. The molecule has 0 radical (unpaired) electrons. The van der Waals surface area contributed by atoms with E-state index in [9.17, 15) is 5.26 Å². The number of benzene rings is 2. The molecule has 0 fully saturated rings. The van der Waals surface area contributed by atoms with Crippen molar-refractivity contribution < 1.29 is 4.74 Å². The van der Waals surface area contributed by atoms with E-state index in [0.29, 0.717) is 17.2 Å². The van der Waals surface area contributed by atoms with Crippen molar-refractivity contribution in [3.8, 4) is 11.8 Å². The lowest BCUT2D eigenvalue weighted by Gasteiger charge is -2.09. The third-order valence-electron chi connectivity index (χ3n) is 3.20. The topological polar surface area (TPSA) is 57.9 Å². The number of fused-ring (bicyclic) bond motifs is 1. The monoisotopic (exact) mass is 321 g/mol. The van der Waals surface area contributed by atoms with E-state index in [0.717, 1.165) is 21.7 Å². The second kappa shape index (κ2) is 6.95. The van der Waals surface area contributed by atoms with Crippen LogP contribution in [0, 0.1) is 11.3 Å². The van der Waals surface area contributed by atoms with E-state index in [1.807, 2.05) is 55.5 Å². The van der Waals surface area contributed by atoms with Crippen molar-refractivity contribution in [2.24, 2.45) is 0 Å². The lowest BCUT2D eigenvalue weighted by atomic mass is 10.3. The minimum Gasteiger partial charge on any atom is -0.492 e. The number of para-hydroxylation sites is 3. The molecule has 0 bridgehead atoms. The fraction of sp³-hybridized carbons (Fsp3) is 0.111. The quantitative estimate of drug-likeness (QED) is 0.694. The molecule has 3 aromatic rings. The molecule has 0 aliphatic heterocycles. The van der Waals surface area contributed by atoms with Crippen molar-refractivity contribution in [3.05, 3.63) is 59.7 Å².